The third kappa shape index (κ3) is 2.77. The van der Waals surface area contributed by atoms with Crippen molar-refractivity contribution in [3.63, 3.8) is 0 Å². The number of aliphatic hydroxyl groups excluding tert-OH is 1. The first-order valence-electron chi connectivity index (χ1n) is 6.63. The number of rotatable bonds is 6. The molecule has 0 aliphatic carbocycles. The molecule has 0 spiro atoms. The molecule has 0 bridgehead atoms. The minimum atomic E-state index is -0.0847. The van der Waals surface area contributed by atoms with E-state index in [-0.39, 0.29) is 13.2 Å². The Morgan fingerprint density at radius 3 is 3.00 bits per heavy atom. The van der Waals surface area contributed by atoms with Gasteiger partial charge in [-0.1, -0.05) is 0 Å². The van der Waals surface area contributed by atoms with Crippen LogP contribution in [0.5, 0.6) is 11.5 Å². The van der Waals surface area contributed by atoms with Gasteiger partial charge in [0.25, 0.3) is 0 Å². The van der Waals surface area contributed by atoms with Gasteiger partial charge in [0.15, 0.2) is 11.6 Å². The van der Waals surface area contributed by atoms with Gasteiger partial charge in [0.05, 0.1) is 37.3 Å². The Hall–Kier alpha value is -2.87. The molecule has 3 aromatic rings. The Morgan fingerprint density at radius 2 is 2.18 bits per heavy atom. The molecule has 114 valence electrons. The summed E-state index contributed by atoms with van der Waals surface area (Å²) in [5.41, 5.74) is 1.60. The molecule has 0 aliphatic rings. The van der Waals surface area contributed by atoms with Crippen molar-refractivity contribution >= 4 is 22.4 Å². The first-order valence-corrected chi connectivity index (χ1v) is 6.63. The van der Waals surface area contributed by atoms with Gasteiger partial charge in [0.1, 0.15) is 18.7 Å². The number of fused-ring (bicyclic) bond motifs is 1. The second kappa shape index (κ2) is 6.27. The van der Waals surface area contributed by atoms with E-state index in [1.54, 1.807) is 13.3 Å². The summed E-state index contributed by atoms with van der Waals surface area (Å²) in [5.74, 6) is 1.58. The Labute approximate surface area is 126 Å². The molecule has 3 N–H and O–H groups in total. The number of hydrogen-bond acceptors (Lipinski definition) is 7. The zero-order valence-corrected chi connectivity index (χ0v) is 11.9. The number of benzene rings is 1. The van der Waals surface area contributed by atoms with E-state index in [0.29, 0.717) is 17.3 Å². The van der Waals surface area contributed by atoms with Crippen molar-refractivity contribution < 1.29 is 14.6 Å². The number of anilines is 2. The molecule has 2 aromatic heterocycles. The Balaban J connectivity index is 1.95. The van der Waals surface area contributed by atoms with Crippen LogP contribution in [0, 0.1) is 0 Å². The molecule has 2 heterocycles. The summed E-state index contributed by atoms with van der Waals surface area (Å²) >= 11 is 0. The highest BCUT2D eigenvalue weighted by atomic mass is 16.5. The molecular formula is C14H15N5O3. The van der Waals surface area contributed by atoms with Crippen LogP contribution in [0.1, 0.15) is 0 Å². The summed E-state index contributed by atoms with van der Waals surface area (Å²) in [7, 11) is 1.59. The maximum absolute atomic E-state index is 8.87. The molecule has 3 rings (SSSR count). The highest BCUT2D eigenvalue weighted by Gasteiger charge is 2.11. The smallest absolute Gasteiger partial charge is 0.180 e. The normalized spacial score (nSPS) is 10.6. The van der Waals surface area contributed by atoms with Crippen molar-refractivity contribution in [2.45, 2.75) is 0 Å². The second-order valence-electron chi connectivity index (χ2n) is 4.44. The number of methoxy groups -OCH3 is 1. The van der Waals surface area contributed by atoms with E-state index in [2.05, 4.69) is 25.5 Å². The molecule has 0 saturated carbocycles. The number of nitrogens with one attached hydrogen (secondary N) is 2. The topological polar surface area (TPSA) is 105 Å². The standard InChI is InChI=1S/C14H15N5O3/c1-21-12-5-10-9(6-17-19-10)4-11(12)18-14-13(22-3-2-20)7-15-8-16-14/h4-8,20H,2-3H2,1H3,(H,17,19)(H,15,16,18). The number of hydrogen-bond donors (Lipinski definition) is 3. The molecule has 8 heteroatoms. The van der Waals surface area contributed by atoms with Crippen LogP contribution in [0.15, 0.2) is 30.9 Å². The van der Waals surface area contributed by atoms with Crippen LogP contribution in [0.2, 0.25) is 0 Å². The summed E-state index contributed by atoms with van der Waals surface area (Å²) in [6.45, 7) is 0.0819. The molecule has 0 saturated heterocycles. The number of ether oxygens (including phenoxy) is 2. The summed E-state index contributed by atoms with van der Waals surface area (Å²) in [4.78, 5) is 8.08. The van der Waals surface area contributed by atoms with Crippen LogP contribution < -0.4 is 14.8 Å². The van der Waals surface area contributed by atoms with Crippen molar-refractivity contribution in [1.29, 1.82) is 0 Å². The lowest BCUT2D eigenvalue weighted by atomic mass is 10.2. The average molecular weight is 301 g/mol. The van der Waals surface area contributed by atoms with E-state index in [1.807, 2.05) is 12.1 Å². The van der Waals surface area contributed by atoms with Crippen LogP contribution in [0.3, 0.4) is 0 Å². The zero-order valence-electron chi connectivity index (χ0n) is 11.9. The van der Waals surface area contributed by atoms with Crippen molar-refractivity contribution in [3.05, 3.63) is 30.9 Å². The quantitative estimate of drug-likeness (QED) is 0.633. The summed E-state index contributed by atoms with van der Waals surface area (Å²) in [6.07, 6.45) is 4.67. The highest BCUT2D eigenvalue weighted by molar-refractivity contribution is 5.86. The van der Waals surface area contributed by atoms with Gasteiger partial charge in [-0.3, -0.25) is 5.10 Å². The molecule has 0 unspecified atom stereocenters. The summed E-state index contributed by atoms with van der Waals surface area (Å²) in [6, 6.07) is 3.75. The molecule has 0 atom stereocenters. The van der Waals surface area contributed by atoms with Crippen molar-refractivity contribution in [2.24, 2.45) is 0 Å². The van der Waals surface area contributed by atoms with Gasteiger partial charge in [0, 0.05) is 11.5 Å². The van der Waals surface area contributed by atoms with Crippen LogP contribution in [0.4, 0.5) is 11.5 Å². The Morgan fingerprint density at radius 1 is 1.27 bits per heavy atom. The molecule has 1 aromatic carbocycles. The van der Waals surface area contributed by atoms with Gasteiger partial charge in [-0.2, -0.15) is 5.10 Å². The van der Waals surface area contributed by atoms with Gasteiger partial charge in [-0.25, -0.2) is 9.97 Å². The lowest BCUT2D eigenvalue weighted by molar-refractivity contribution is 0.201. The molecule has 22 heavy (non-hydrogen) atoms. The van der Waals surface area contributed by atoms with Gasteiger partial charge in [-0.15, -0.1) is 0 Å². The molecular weight excluding hydrogens is 286 g/mol. The first kappa shape index (κ1) is 14.1. The highest BCUT2D eigenvalue weighted by Crippen LogP contribution is 2.33. The van der Waals surface area contributed by atoms with E-state index in [0.717, 1.165) is 16.6 Å². The van der Waals surface area contributed by atoms with Crippen LogP contribution in [-0.2, 0) is 0 Å². The van der Waals surface area contributed by atoms with Crippen LogP contribution in [0.25, 0.3) is 10.9 Å². The lowest BCUT2D eigenvalue weighted by Crippen LogP contribution is -2.06. The third-order valence-electron chi connectivity index (χ3n) is 3.04. The number of aromatic amines is 1. The second-order valence-corrected chi connectivity index (χ2v) is 4.44. The first-order chi connectivity index (χ1) is 10.8. The van der Waals surface area contributed by atoms with Gasteiger partial charge >= 0.3 is 0 Å². The van der Waals surface area contributed by atoms with Crippen LogP contribution in [-0.4, -0.2) is 45.6 Å². The van der Waals surface area contributed by atoms with Crippen molar-refractivity contribution in [2.75, 3.05) is 25.6 Å². The SMILES string of the molecule is COc1cc2[nH]ncc2cc1Nc1ncncc1OCCO. The Kier molecular flexibility index (Phi) is 4.01. The summed E-state index contributed by atoms with van der Waals surface area (Å²) < 4.78 is 10.8. The van der Waals surface area contributed by atoms with Crippen molar-refractivity contribution in [3.8, 4) is 11.5 Å². The minimum Gasteiger partial charge on any atom is -0.494 e. The molecule has 0 aliphatic heterocycles. The predicted molar refractivity (Wildman–Crippen MR) is 80.5 cm³/mol. The van der Waals surface area contributed by atoms with E-state index in [1.165, 1.54) is 12.5 Å². The maximum atomic E-state index is 8.87. The zero-order chi connectivity index (χ0) is 15.4. The largest absolute Gasteiger partial charge is 0.494 e. The molecule has 0 fully saturated rings. The monoisotopic (exact) mass is 301 g/mol. The fourth-order valence-electron chi connectivity index (χ4n) is 2.04. The van der Waals surface area contributed by atoms with E-state index >= 15 is 0 Å². The van der Waals surface area contributed by atoms with E-state index in [9.17, 15) is 0 Å². The van der Waals surface area contributed by atoms with Gasteiger partial charge in [-0.05, 0) is 6.07 Å². The molecule has 0 amide bonds. The number of aliphatic hydroxyl groups is 1. The number of H-pyrrole nitrogens is 1. The maximum Gasteiger partial charge on any atom is 0.180 e. The fourth-order valence-corrected chi connectivity index (χ4v) is 2.04. The average Bonchev–Trinajstić information content (AvgIpc) is 3.00. The molecule has 0 radical (unpaired) electrons. The van der Waals surface area contributed by atoms with E-state index in [4.69, 9.17) is 14.6 Å². The lowest BCUT2D eigenvalue weighted by Gasteiger charge is -2.13. The molecule has 8 nitrogen and oxygen atoms in total. The number of nitrogens with zero attached hydrogens (tertiary/aromatic N) is 3. The Bertz CT molecular complexity index is 774. The van der Waals surface area contributed by atoms with Crippen molar-refractivity contribution in [1.82, 2.24) is 20.2 Å². The van der Waals surface area contributed by atoms with Gasteiger partial charge < -0.3 is 19.9 Å². The van der Waals surface area contributed by atoms with Gasteiger partial charge in [0.2, 0.25) is 0 Å². The van der Waals surface area contributed by atoms with E-state index < -0.39 is 0 Å². The summed E-state index contributed by atoms with van der Waals surface area (Å²) in [5, 5.41) is 19.9. The predicted octanol–water partition coefficient (Wildman–Crippen LogP) is 1.48. The third-order valence-corrected chi connectivity index (χ3v) is 3.04. The fraction of sp³-hybridized carbons (Fsp3) is 0.214. The van der Waals surface area contributed by atoms with Crippen LogP contribution >= 0.6 is 0 Å². The minimum absolute atomic E-state index is 0.0847. The number of aromatic nitrogens is 4.